The van der Waals surface area contributed by atoms with Gasteiger partial charge in [-0.25, -0.2) is 9.78 Å². The molecule has 1 aliphatic heterocycles. The van der Waals surface area contributed by atoms with Gasteiger partial charge in [0.1, 0.15) is 6.61 Å². The Bertz CT molecular complexity index is 770. The highest BCUT2D eigenvalue weighted by atomic mass is 35.5. The first-order valence-corrected chi connectivity index (χ1v) is 8.69. The molecular formula is C17H18Cl2N4O2. The topological polar surface area (TPSA) is 75.3 Å². The molecule has 0 spiro atoms. The smallest absolute Gasteiger partial charge is 0.315 e. The molecule has 0 saturated carbocycles. The zero-order chi connectivity index (χ0) is 17.6. The van der Waals surface area contributed by atoms with Crippen molar-refractivity contribution in [2.24, 2.45) is 0 Å². The fourth-order valence-electron chi connectivity index (χ4n) is 2.40. The highest BCUT2D eigenvalue weighted by Crippen LogP contribution is 2.25. The number of nitrogens with zero attached hydrogens (tertiary/aromatic N) is 1. The highest BCUT2D eigenvalue weighted by molar-refractivity contribution is 6.42. The van der Waals surface area contributed by atoms with Crippen molar-refractivity contribution in [3.05, 3.63) is 51.6 Å². The number of fused-ring (bicyclic) bond motifs is 1. The van der Waals surface area contributed by atoms with Crippen molar-refractivity contribution in [1.29, 1.82) is 0 Å². The number of halogens is 2. The summed E-state index contributed by atoms with van der Waals surface area (Å²) in [7, 11) is 0. The van der Waals surface area contributed by atoms with E-state index in [2.05, 4.69) is 20.9 Å². The SMILES string of the molecule is O=C(NCCc1ccc2c(n1)NCCO2)NCc1ccc(Cl)c(Cl)c1. The molecule has 0 radical (unpaired) electrons. The Balaban J connectivity index is 1.42. The third-order valence-electron chi connectivity index (χ3n) is 3.67. The normalized spacial score (nSPS) is 12.6. The predicted octanol–water partition coefficient (Wildman–Crippen LogP) is 3.23. The van der Waals surface area contributed by atoms with Crippen LogP contribution < -0.4 is 20.7 Å². The Hall–Kier alpha value is -2.18. The molecule has 2 aromatic rings. The van der Waals surface area contributed by atoms with Gasteiger partial charge in [-0.2, -0.15) is 0 Å². The van der Waals surface area contributed by atoms with Crippen LogP contribution in [0.25, 0.3) is 0 Å². The highest BCUT2D eigenvalue weighted by Gasteiger charge is 2.11. The molecule has 1 aromatic heterocycles. The van der Waals surface area contributed by atoms with Crippen LogP contribution in [0.2, 0.25) is 10.0 Å². The van der Waals surface area contributed by atoms with Crippen LogP contribution in [0.4, 0.5) is 10.6 Å². The van der Waals surface area contributed by atoms with Gasteiger partial charge in [0.05, 0.1) is 16.6 Å². The number of rotatable bonds is 5. The van der Waals surface area contributed by atoms with Crippen molar-refractivity contribution in [3.8, 4) is 5.75 Å². The molecule has 132 valence electrons. The van der Waals surface area contributed by atoms with Crippen LogP contribution in [0.15, 0.2) is 30.3 Å². The van der Waals surface area contributed by atoms with Gasteiger partial charge in [0.15, 0.2) is 11.6 Å². The quantitative estimate of drug-likeness (QED) is 0.744. The van der Waals surface area contributed by atoms with Crippen LogP contribution in [-0.4, -0.2) is 30.7 Å². The number of pyridine rings is 1. The number of carbonyl (C=O) groups excluding carboxylic acids is 1. The number of carbonyl (C=O) groups is 1. The van der Waals surface area contributed by atoms with E-state index in [1.165, 1.54) is 0 Å². The molecule has 0 saturated heterocycles. The van der Waals surface area contributed by atoms with Gasteiger partial charge in [-0.3, -0.25) is 0 Å². The van der Waals surface area contributed by atoms with Gasteiger partial charge in [-0.1, -0.05) is 29.3 Å². The Morgan fingerprint density at radius 2 is 2.08 bits per heavy atom. The minimum Gasteiger partial charge on any atom is -0.488 e. The molecule has 8 heteroatoms. The third-order valence-corrected chi connectivity index (χ3v) is 4.41. The van der Waals surface area contributed by atoms with Gasteiger partial charge in [0.25, 0.3) is 0 Å². The van der Waals surface area contributed by atoms with Gasteiger partial charge < -0.3 is 20.7 Å². The predicted molar refractivity (Wildman–Crippen MR) is 98.6 cm³/mol. The molecule has 1 aromatic carbocycles. The number of hydrogen-bond donors (Lipinski definition) is 3. The maximum atomic E-state index is 11.9. The van der Waals surface area contributed by atoms with Gasteiger partial charge in [-0.15, -0.1) is 0 Å². The fraction of sp³-hybridized carbons (Fsp3) is 0.294. The van der Waals surface area contributed by atoms with Crippen molar-refractivity contribution in [3.63, 3.8) is 0 Å². The average molecular weight is 381 g/mol. The summed E-state index contributed by atoms with van der Waals surface area (Å²) in [6, 6.07) is 8.82. The summed E-state index contributed by atoms with van der Waals surface area (Å²) in [5.41, 5.74) is 1.77. The van der Waals surface area contributed by atoms with E-state index >= 15 is 0 Å². The van der Waals surface area contributed by atoms with Crippen LogP contribution >= 0.6 is 23.2 Å². The lowest BCUT2D eigenvalue weighted by Crippen LogP contribution is -2.36. The number of anilines is 1. The summed E-state index contributed by atoms with van der Waals surface area (Å²) in [6.07, 6.45) is 0.634. The summed E-state index contributed by atoms with van der Waals surface area (Å²) in [5, 5.41) is 9.74. The molecule has 0 atom stereocenters. The molecule has 1 aliphatic rings. The van der Waals surface area contributed by atoms with Gasteiger partial charge in [-0.05, 0) is 29.8 Å². The summed E-state index contributed by atoms with van der Waals surface area (Å²) in [5.74, 6) is 1.52. The maximum Gasteiger partial charge on any atom is 0.315 e. The first kappa shape index (κ1) is 17.6. The number of urea groups is 1. The summed E-state index contributed by atoms with van der Waals surface area (Å²) in [6.45, 7) is 2.26. The van der Waals surface area contributed by atoms with Gasteiger partial charge in [0, 0.05) is 25.2 Å². The summed E-state index contributed by atoms with van der Waals surface area (Å²) < 4.78 is 5.49. The molecule has 3 N–H and O–H groups in total. The molecule has 2 amide bonds. The van der Waals surface area contributed by atoms with Gasteiger partial charge >= 0.3 is 6.03 Å². The molecule has 2 heterocycles. The van der Waals surface area contributed by atoms with Crippen LogP contribution in [0.3, 0.4) is 0 Å². The van der Waals surface area contributed by atoms with Crippen LogP contribution in [0.5, 0.6) is 5.75 Å². The number of ether oxygens (including phenoxy) is 1. The first-order chi connectivity index (χ1) is 12.1. The van der Waals surface area contributed by atoms with E-state index in [1.807, 2.05) is 18.2 Å². The Morgan fingerprint density at radius 3 is 2.92 bits per heavy atom. The lowest BCUT2D eigenvalue weighted by atomic mass is 10.2. The molecular weight excluding hydrogens is 363 g/mol. The maximum absolute atomic E-state index is 11.9. The molecule has 0 bridgehead atoms. The average Bonchev–Trinajstić information content (AvgIpc) is 2.62. The van der Waals surface area contributed by atoms with Crippen LogP contribution in [-0.2, 0) is 13.0 Å². The molecule has 0 fully saturated rings. The van der Waals surface area contributed by atoms with Crippen molar-refractivity contribution in [2.75, 3.05) is 25.0 Å². The molecule has 25 heavy (non-hydrogen) atoms. The van der Waals surface area contributed by atoms with Crippen molar-refractivity contribution in [2.45, 2.75) is 13.0 Å². The van der Waals surface area contributed by atoms with E-state index in [1.54, 1.807) is 12.1 Å². The lowest BCUT2D eigenvalue weighted by molar-refractivity contribution is 0.240. The lowest BCUT2D eigenvalue weighted by Gasteiger charge is -2.18. The van der Waals surface area contributed by atoms with Crippen molar-refractivity contribution >= 4 is 35.1 Å². The Kier molecular flexibility index (Phi) is 5.83. The van der Waals surface area contributed by atoms with Crippen molar-refractivity contribution < 1.29 is 9.53 Å². The minimum atomic E-state index is -0.245. The van der Waals surface area contributed by atoms with Crippen LogP contribution in [0.1, 0.15) is 11.3 Å². The number of nitrogens with one attached hydrogen (secondary N) is 3. The summed E-state index contributed by atoms with van der Waals surface area (Å²) >= 11 is 11.8. The van der Waals surface area contributed by atoms with E-state index in [4.69, 9.17) is 27.9 Å². The monoisotopic (exact) mass is 380 g/mol. The second-order valence-electron chi connectivity index (χ2n) is 5.53. The van der Waals surface area contributed by atoms with E-state index in [-0.39, 0.29) is 6.03 Å². The Morgan fingerprint density at radius 1 is 1.20 bits per heavy atom. The Labute approximate surface area is 155 Å². The third kappa shape index (κ3) is 4.90. The molecule has 3 rings (SSSR count). The van der Waals surface area contributed by atoms with E-state index in [0.29, 0.717) is 36.2 Å². The molecule has 0 unspecified atom stereocenters. The van der Waals surface area contributed by atoms with Crippen molar-refractivity contribution in [1.82, 2.24) is 15.6 Å². The number of aromatic nitrogens is 1. The van der Waals surface area contributed by atoms with E-state index in [9.17, 15) is 4.79 Å². The standard InChI is InChI=1S/C17H18Cl2N4O2/c18-13-3-1-11(9-14(13)19)10-22-17(24)21-6-5-12-2-4-15-16(23-12)20-7-8-25-15/h1-4,9H,5-8,10H2,(H,20,23)(H2,21,22,24). The second-order valence-corrected chi connectivity index (χ2v) is 6.35. The number of amides is 2. The zero-order valence-electron chi connectivity index (χ0n) is 13.4. The summed E-state index contributed by atoms with van der Waals surface area (Å²) in [4.78, 5) is 16.3. The largest absolute Gasteiger partial charge is 0.488 e. The molecule has 6 nitrogen and oxygen atoms in total. The van der Waals surface area contributed by atoms with Gasteiger partial charge in [0.2, 0.25) is 0 Å². The van der Waals surface area contributed by atoms with E-state index < -0.39 is 0 Å². The number of benzene rings is 1. The van der Waals surface area contributed by atoms with E-state index in [0.717, 1.165) is 29.4 Å². The number of hydrogen-bond acceptors (Lipinski definition) is 4. The minimum absolute atomic E-state index is 0.245. The molecule has 0 aliphatic carbocycles. The zero-order valence-corrected chi connectivity index (χ0v) is 15.0. The van der Waals surface area contributed by atoms with Crippen LogP contribution in [0, 0.1) is 0 Å². The fourth-order valence-corrected chi connectivity index (χ4v) is 2.72. The second kappa shape index (κ2) is 8.27. The first-order valence-electron chi connectivity index (χ1n) is 7.94.